The van der Waals surface area contributed by atoms with Crippen LogP contribution < -0.4 is 5.32 Å². The van der Waals surface area contributed by atoms with Crippen molar-refractivity contribution in [3.8, 4) is 0 Å². The molecule has 0 bridgehead atoms. The maximum Gasteiger partial charge on any atom is 0.315 e. The molecule has 1 amide bonds. The normalized spacial score (nSPS) is 11.8. The van der Waals surface area contributed by atoms with Crippen LogP contribution in [0, 0.1) is 5.82 Å². The van der Waals surface area contributed by atoms with Crippen LogP contribution in [0.1, 0.15) is 18.4 Å². The smallest absolute Gasteiger partial charge is 0.315 e. The molecule has 0 aliphatic heterocycles. The molecular formula is C12H14FNO4. The van der Waals surface area contributed by atoms with E-state index in [1.165, 1.54) is 25.1 Å². The molecule has 0 radical (unpaired) electrons. The number of methoxy groups -OCH3 is 1. The first-order valence-electron chi connectivity index (χ1n) is 5.26. The predicted octanol–water partition coefficient (Wildman–Crippen LogP) is 1.03. The van der Waals surface area contributed by atoms with E-state index in [4.69, 9.17) is 5.11 Å². The molecule has 1 aromatic rings. The molecule has 1 rings (SSSR count). The number of esters is 1. The van der Waals surface area contributed by atoms with E-state index in [0.717, 1.165) is 7.11 Å². The van der Waals surface area contributed by atoms with Crippen LogP contribution in [0.15, 0.2) is 18.2 Å². The SMILES string of the molecule is COC(=O)C(CO)c1cccc(NC(C)=O)c1F. The van der Waals surface area contributed by atoms with E-state index in [0.29, 0.717) is 0 Å². The summed E-state index contributed by atoms with van der Waals surface area (Å²) in [6, 6.07) is 4.21. The number of aliphatic hydroxyl groups excluding tert-OH is 1. The summed E-state index contributed by atoms with van der Waals surface area (Å²) in [5, 5.41) is 11.4. The molecule has 98 valence electrons. The van der Waals surface area contributed by atoms with E-state index in [9.17, 15) is 14.0 Å². The predicted molar refractivity (Wildman–Crippen MR) is 62.5 cm³/mol. The van der Waals surface area contributed by atoms with E-state index in [1.54, 1.807) is 0 Å². The number of ether oxygens (including phenoxy) is 1. The fourth-order valence-electron chi connectivity index (χ4n) is 1.55. The van der Waals surface area contributed by atoms with Gasteiger partial charge in [-0.15, -0.1) is 0 Å². The van der Waals surface area contributed by atoms with Gasteiger partial charge >= 0.3 is 5.97 Å². The van der Waals surface area contributed by atoms with Gasteiger partial charge in [0.1, 0.15) is 5.92 Å². The zero-order valence-electron chi connectivity index (χ0n) is 10.1. The number of halogens is 1. The standard InChI is InChI=1S/C12H14FNO4/c1-7(16)14-10-5-3-4-8(11(10)13)9(6-15)12(17)18-2/h3-5,9,15H,6H2,1-2H3,(H,14,16). The molecule has 0 aliphatic rings. The van der Waals surface area contributed by atoms with Gasteiger partial charge in [-0.1, -0.05) is 12.1 Å². The van der Waals surface area contributed by atoms with E-state index < -0.39 is 30.2 Å². The minimum atomic E-state index is -1.11. The number of nitrogens with one attached hydrogen (secondary N) is 1. The zero-order chi connectivity index (χ0) is 13.7. The Kier molecular flexibility index (Phi) is 4.79. The first kappa shape index (κ1) is 14.1. The molecule has 0 saturated heterocycles. The fraction of sp³-hybridized carbons (Fsp3) is 0.333. The summed E-state index contributed by atoms with van der Waals surface area (Å²) in [7, 11) is 1.15. The Labute approximate surface area is 104 Å². The van der Waals surface area contributed by atoms with Crippen LogP contribution in [0.25, 0.3) is 0 Å². The molecule has 0 aromatic heterocycles. The Morgan fingerprint density at radius 3 is 2.67 bits per heavy atom. The Balaban J connectivity index is 3.16. The van der Waals surface area contributed by atoms with E-state index in [1.807, 2.05) is 0 Å². The number of hydrogen-bond donors (Lipinski definition) is 2. The van der Waals surface area contributed by atoms with Crippen LogP contribution in [-0.2, 0) is 14.3 Å². The number of rotatable bonds is 4. The second-order valence-corrected chi connectivity index (χ2v) is 3.65. The highest BCUT2D eigenvalue weighted by atomic mass is 19.1. The number of aliphatic hydroxyl groups is 1. The summed E-state index contributed by atoms with van der Waals surface area (Å²) in [5.41, 5.74) is -0.0575. The van der Waals surface area contributed by atoms with Crippen LogP contribution in [0.3, 0.4) is 0 Å². The average Bonchev–Trinajstić information content (AvgIpc) is 2.33. The van der Waals surface area contributed by atoms with Gasteiger partial charge in [-0.3, -0.25) is 9.59 Å². The number of carbonyl (C=O) groups is 2. The van der Waals surface area contributed by atoms with E-state index in [2.05, 4.69) is 10.1 Å². The van der Waals surface area contributed by atoms with Gasteiger partial charge in [-0.05, 0) is 6.07 Å². The second-order valence-electron chi connectivity index (χ2n) is 3.65. The molecule has 1 aromatic carbocycles. The molecule has 0 fully saturated rings. The Bertz CT molecular complexity index is 461. The van der Waals surface area contributed by atoms with Crippen LogP contribution >= 0.6 is 0 Å². The van der Waals surface area contributed by atoms with Crippen LogP contribution in [-0.4, -0.2) is 30.7 Å². The highest BCUT2D eigenvalue weighted by molar-refractivity contribution is 5.89. The third-order valence-corrected chi connectivity index (χ3v) is 2.38. The number of amides is 1. The number of anilines is 1. The van der Waals surface area contributed by atoms with Crippen molar-refractivity contribution in [1.29, 1.82) is 0 Å². The lowest BCUT2D eigenvalue weighted by Crippen LogP contribution is -2.20. The van der Waals surface area contributed by atoms with Crippen LogP contribution in [0.4, 0.5) is 10.1 Å². The van der Waals surface area contributed by atoms with Gasteiger partial charge in [-0.25, -0.2) is 4.39 Å². The Morgan fingerprint density at radius 1 is 1.50 bits per heavy atom. The van der Waals surface area contributed by atoms with Crippen molar-refractivity contribution in [2.24, 2.45) is 0 Å². The van der Waals surface area contributed by atoms with Gasteiger partial charge in [0, 0.05) is 12.5 Å². The second kappa shape index (κ2) is 6.11. The first-order chi connectivity index (χ1) is 8.51. The van der Waals surface area contributed by atoms with Gasteiger partial charge in [-0.2, -0.15) is 0 Å². The summed E-state index contributed by atoms with van der Waals surface area (Å²) >= 11 is 0. The summed E-state index contributed by atoms with van der Waals surface area (Å²) in [6.07, 6.45) is 0. The minimum Gasteiger partial charge on any atom is -0.468 e. The summed E-state index contributed by atoms with van der Waals surface area (Å²) in [5.74, 6) is -3.03. The van der Waals surface area contributed by atoms with E-state index in [-0.39, 0.29) is 11.3 Å². The number of benzene rings is 1. The molecule has 1 unspecified atom stereocenters. The molecule has 18 heavy (non-hydrogen) atoms. The molecule has 1 atom stereocenters. The summed E-state index contributed by atoms with van der Waals surface area (Å²) < 4.78 is 18.5. The van der Waals surface area contributed by atoms with Crippen molar-refractivity contribution in [2.75, 3.05) is 19.0 Å². The third kappa shape index (κ3) is 3.04. The maximum absolute atomic E-state index is 14.0. The van der Waals surface area contributed by atoms with Gasteiger partial charge < -0.3 is 15.2 Å². The minimum absolute atomic E-state index is 0.0180. The molecule has 0 spiro atoms. The Hall–Kier alpha value is -1.95. The van der Waals surface area contributed by atoms with Gasteiger partial charge in [0.2, 0.25) is 5.91 Å². The molecule has 5 nitrogen and oxygen atoms in total. The largest absolute Gasteiger partial charge is 0.468 e. The van der Waals surface area contributed by atoms with Crippen molar-refractivity contribution in [1.82, 2.24) is 0 Å². The summed E-state index contributed by atoms with van der Waals surface area (Å²) in [6.45, 7) is 0.670. The van der Waals surface area contributed by atoms with Crippen molar-refractivity contribution < 1.29 is 23.8 Å². The first-order valence-corrected chi connectivity index (χ1v) is 5.26. The molecule has 0 aliphatic carbocycles. The van der Waals surface area contributed by atoms with Crippen molar-refractivity contribution in [3.05, 3.63) is 29.6 Å². The Morgan fingerprint density at radius 2 is 2.17 bits per heavy atom. The topological polar surface area (TPSA) is 75.6 Å². The van der Waals surface area contributed by atoms with Crippen LogP contribution in [0.5, 0.6) is 0 Å². The van der Waals surface area contributed by atoms with Gasteiger partial charge in [0.05, 0.1) is 19.4 Å². The lowest BCUT2D eigenvalue weighted by atomic mass is 9.99. The molecule has 0 heterocycles. The van der Waals surface area contributed by atoms with Crippen LogP contribution in [0.2, 0.25) is 0 Å². The lowest BCUT2D eigenvalue weighted by Gasteiger charge is -2.15. The number of hydrogen-bond acceptors (Lipinski definition) is 4. The molecular weight excluding hydrogens is 241 g/mol. The monoisotopic (exact) mass is 255 g/mol. The van der Waals surface area contributed by atoms with Crippen molar-refractivity contribution >= 4 is 17.6 Å². The van der Waals surface area contributed by atoms with Gasteiger partial charge in [0.25, 0.3) is 0 Å². The van der Waals surface area contributed by atoms with Crippen molar-refractivity contribution in [3.63, 3.8) is 0 Å². The zero-order valence-corrected chi connectivity index (χ0v) is 10.1. The highest BCUT2D eigenvalue weighted by Crippen LogP contribution is 2.25. The fourth-order valence-corrected chi connectivity index (χ4v) is 1.55. The van der Waals surface area contributed by atoms with Gasteiger partial charge in [0.15, 0.2) is 5.82 Å². The molecule has 0 saturated carbocycles. The highest BCUT2D eigenvalue weighted by Gasteiger charge is 2.25. The summed E-state index contributed by atoms with van der Waals surface area (Å²) in [4.78, 5) is 22.3. The average molecular weight is 255 g/mol. The maximum atomic E-state index is 14.0. The van der Waals surface area contributed by atoms with Crippen molar-refractivity contribution in [2.45, 2.75) is 12.8 Å². The molecule has 2 N–H and O–H groups in total. The van der Waals surface area contributed by atoms with E-state index >= 15 is 0 Å². The lowest BCUT2D eigenvalue weighted by molar-refractivity contribution is -0.143. The number of carbonyl (C=O) groups excluding carboxylic acids is 2. The quantitative estimate of drug-likeness (QED) is 0.788. The molecule has 6 heteroatoms. The third-order valence-electron chi connectivity index (χ3n) is 2.38.